The summed E-state index contributed by atoms with van der Waals surface area (Å²) in [6.45, 7) is 7.77. The average Bonchev–Trinajstić information content (AvgIpc) is 3.22. The first kappa shape index (κ1) is 24.4. The summed E-state index contributed by atoms with van der Waals surface area (Å²) in [6.07, 6.45) is 0.460. The van der Waals surface area contributed by atoms with E-state index in [-0.39, 0.29) is 6.04 Å². The number of nitrogens with zero attached hydrogens (tertiary/aromatic N) is 3. The van der Waals surface area contributed by atoms with E-state index < -0.39 is 16.1 Å². The molecule has 2 atom stereocenters. The lowest BCUT2D eigenvalue weighted by atomic mass is 9.93. The number of rotatable bonds is 6. The van der Waals surface area contributed by atoms with E-state index in [1.54, 1.807) is 6.07 Å². The van der Waals surface area contributed by atoms with Crippen LogP contribution in [0.25, 0.3) is 22.2 Å². The third kappa shape index (κ3) is 5.18. The molecule has 4 rings (SSSR count). The smallest absolute Gasteiger partial charge is 0.168 e. The first-order valence-electron chi connectivity index (χ1n) is 10.9. The Hall–Kier alpha value is -2.70. The van der Waals surface area contributed by atoms with Gasteiger partial charge in [-0.05, 0) is 63.1 Å². The Morgan fingerprint density at radius 1 is 1.18 bits per heavy atom. The van der Waals surface area contributed by atoms with Gasteiger partial charge in [-0.25, -0.2) is 4.98 Å². The van der Waals surface area contributed by atoms with Crippen molar-refractivity contribution >= 4 is 38.3 Å². The zero-order valence-corrected chi connectivity index (χ0v) is 21.8. The van der Waals surface area contributed by atoms with Crippen molar-refractivity contribution in [3.05, 3.63) is 81.6 Å². The summed E-state index contributed by atoms with van der Waals surface area (Å²) in [5.74, 6) is 0. The number of aromatic nitrogens is 2. The van der Waals surface area contributed by atoms with E-state index in [2.05, 4.69) is 36.9 Å². The minimum absolute atomic E-state index is 0.335. The third-order valence-electron chi connectivity index (χ3n) is 5.54. The summed E-state index contributed by atoms with van der Waals surface area (Å²) < 4.78 is 22.6. The lowest BCUT2D eigenvalue weighted by molar-refractivity contribution is 0.459. The second-order valence-corrected chi connectivity index (χ2v) is 12.0. The molecule has 0 amide bonds. The maximum atomic E-state index is 13.2. The van der Waals surface area contributed by atoms with Crippen LogP contribution in [-0.2, 0) is 17.8 Å². The topological polar surface area (TPSA) is 97.8 Å². The summed E-state index contributed by atoms with van der Waals surface area (Å²) in [7, 11) is 0. The van der Waals surface area contributed by atoms with Gasteiger partial charge >= 0.3 is 0 Å². The van der Waals surface area contributed by atoms with E-state index in [0.29, 0.717) is 17.7 Å². The molecular formula is C26H25BrN4O2S. The standard InChI is InChI=1S/C26H25BrN4O2S/c1-16-9-11-18(15-28)29-22(16)14-23(31-34(32)26(2,3)4)19-7-5-6-8-20(19)25-21-12-10-17(27)13-24(21)33-30-25/h5-13,23,31H,14H2,1-4H3/t23?,34-/m0/s1. The van der Waals surface area contributed by atoms with Crippen molar-refractivity contribution in [1.82, 2.24) is 14.9 Å². The van der Waals surface area contributed by atoms with Gasteiger partial charge in [0.1, 0.15) is 22.2 Å². The number of nitriles is 1. The van der Waals surface area contributed by atoms with E-state index in [1.807, 2.05) is 76.2 Å². The Kier molecular flexibility index (Phi) is 7.10. The fourth-order valence-electron chi connectivity index (χ4n) is 3.68. The van der Waals surface area contributed by atoms with Gasteiger partial charge in [0, 0.05) is 38.9 Å². The van der Waals surface area contributed by atoms with Crippen molar-refractivity contribution in [3.63, 3.8) is 0 Å². The van der Waals surface area contributed by atoms with Crippen LogP contribution < -0.4 is 4.72 Å². The molecule has 2 aromatic carbocycles. The van der Waals surface area contributed by atoms with Crippen molar-refractivity contribution < 1.29 is 9.08 Å². The zero-order chi connectivity index (χ0) is 24.5. The molecule has 34 heavy (non-hydrogen) atoms. The maximum Gasteiger partial charge on any atom is 0.168 e. The molecule has 2 heterocycles. The second kappa shape index (κ2) is 9.88. The van der Waals surface area contributed by atoms with E-state index >= 15 is 0 Å². The van der Waals surface area contributed by atoms with Crippen LogP contribution in [0.3, 0.4) is 0 Å². The first-order chi connectivity index (χ1) is 16.2. The molecule has 0 radical (unpaired) electrons. The lowest BCUT2D eigenvalue weighted by Gasteiger charge is -2.29. The predicted octanol–water partition coefficient (Wildman–Crippen LogP) is 6.17. The van der Waals surface area contributed by atoms with Crippen molar-refractivity contribution in [3.8, 4) is 17.3 Å². The Labute approximate surface area is 210 Å². The van der Waals surface area contributed by atoms with Crippen LogP contribution in [-0.4, -0.2) is 19.4 Å². The molecule has 8 heteroatoms. The largest absolute Gasteiger partial charge is 0.598 e. The van der Waals surface area contributed by atoms with Crippen LogP contribution in [0, 0.1) is 18.3 Å². The van der Waals surface area contributed by atoms with E-state index in [0.717, 1.165) is 37.9 Å². The lowest BCUT2D eigenvalue weighted by Crippen LogP contribution is -2.42. The Morgan fingerprint density at radius 2 is 1.94 bits per heavy atom. The van der Waals surface area contributed by atoms with Gasteiger partial charge in [-0.3, -0.25) is 0 Å². The highest BCUT2D eigenvalue weighted by molar-refractivity contribution is 9.10. The van der Waals surface area contributed by atoms with Crippen LogP contribution in [0.2, 0.25) is 0 Å². The highest BCUT2D eigenvalue weighted by Gasteiger charge is 2.32. The highest BCUT2D eigenvalue weighted by atomic mass is 79.9. The maximum absolute atomic E-state index is 13.2. The average molecular weight is 537 g/mol. The normalized spacial score (nSPS) is 13.6. The van der Waals surface area contributed by atoms with Crippen LogP contribution in [0.5, 0.6) is 0 Å². The summed E-state index contributed by atoms with van der Waals surface area (Å²) in [4.78, 5) is 4.54. The third-order valence-corrected chi connectivity index (χ3v) is 7.65. The number of halogens is 1. The van der Waals surface area contributed by atoms with Gasteiger partial charge in [-0.1, -0.05) is 51.4 Å². The number of nitrogens with one attached hydrogen (secondary N) is 1. The van der Waals surface area contributed by atoms with E-state index in [1.165, 1.54) is 0 Å². The molecule has 0 saturated heterocycles. The molecule has 1 unspecified atom stereocenters. The van der Waals surface area contributed by atoms with Crippen molar-refractivity contribution in [2.75, 3.05) is 0 Å². The number of hydrogen-bond donors (Lipinski definition) is 1. The van der Waals surface area contributed by atoms with Crippen LogP contribution in [0.1, 0.15) is 49.3 Å². The molecule has 0 aliphatic carbocycles. The predicted molar refractivity (Wildman–Crippen MR) is 138 cm³/mol. The van der Waals surface area contributed by atoms with Gasteiger partial charge in [0.2, 0.25) is 0 Å². The Balaban J connectivity index is 1.83. The molecule has 0 aliphatic rings. The number of pyridine rings is 1. The number of benzene rings is 2. The van der Waals surface area contributed by atoms with Gasteiger partial charge < -0.3 is 9.08 Å². The molecule has 4 aromatic rings. The summed E-state index contributed by atoms with van der Waals surface area (Å²) in [5, 5.41) is 14.6. The number of fused-ring (bicyclic) bond motifs is 1. The summed E-state index contributed by atoms with van der Waals surface area (Å²) in [5.41, 5.74) is 5.34. The van der Waals surface area contributed by atoms with Gasteiger partial charge in [0.15, 0.2) is 5.58 Å². The van der Waals surface area contributed by atoms with Gasteiger partial charge in [-0.2, -0.15) is 5.26 Å². The highest BCUT2D eigenvalue weighted by Crippen LogP contribution is 2.36. The van der Waals surface area contributed by atoms with Crippen LogP contribution in [0.15, 0.2) is 63.6 Å². The molecular weight excluding hydrogens is 512 g/mol. The Bertz CT molecular complexity index is 1370. The first-order valence-corrected chi connectivity index (χ1v) is 12.8. The van der Waals surface area contributed by atoms with Crippen molar-refractivity contribution in [1.29, 1.82) is 5.26 Å². The zero-order valence-electron chi connectivity index (χ0n) is 19.4. The molecule has 174 valence electrons. The molecule has 0 saturated carbocycles. The quantitative estimate of drug-likeness (QED) is 0.296. The van der Waals surface area contributed by atoms with Gasteiger partial charge in [-0.15, -0.1) is 4.72 Å². The fourth-order valence-corrected chi connectivity index (χ4v) is 4.84. The molecule has 0 aliphatic heterocycles. The van der Waals surface area contributed by atoms with E-state index in [9.17, 15) is 9.81 Å². The fraction of sp³-hybridized carbons (Fsp3) is 0.269. The number of hydrogen-bond acceptors (Lipinski definition) is 6. The van der Waals surface area contributed by atoms with Gasteiger partial charge in [0.05, 0.1) is 6.04 Å². The minimum Gasteiger partial charge on any atom is -0.598 e. The van der Waals surface area contributed by atoms with Crippen molar-refractivity contribution in [2.24, 2.45) is 0 Å². The second-order valence-electron chi connectivity index (χ2n) is 9.09. The van der Waals surface area contributed by atoms with Gasteiger partial charge in [0.25, 0.3) is 0 Å². The molecule has 0 fully saturated rings. The number of aryl methyl sites for hydroxylation is 1. The Morgan fingerprint density at radius 3 is 2.68 bits per heavy atom. The molecule has 6 nitrogen and oxygen atoms in total. The summed E-state index contributed by atoms with van der Waals surface area (Å²) >= 11 is 2.14. The van der Waals surface area contributed by atoms with E-state index in [4.69, 9.17) is 4.52 Å². The molecule has 0 bridgehead atoms. The minimum atomic E-state index is -1.33. The van der Waals surface area contributed by atoms with Crippen LogP contribution in [0.4, 0.5) is 0 Å². The monoisotopic (exact) mass is 536 g/mol. The summed E-state index contributed by atoms with van der Waals surface area (Å²) in [6, 6.07) is 19.1. The molecule has 0 spiro atoms. The SMILES string of the molecule is Cc1ccc(C#N)nc1CC(N[S@@+]([O-])C(C)(C)C)c1ccccc1-c1noc2cc(Br)ccc12. The van der Waals surface area contributed by atoms with Crippen molar-refractivity contribution in [2.45, 2.75) is 44.9 Å². The van der Waals surface area contributed by atoms with Crippen LogP contribution >= 0.6 is 15.9 Å². The molecule has 2 aromatic heterocycles. The molecule has 1 N–H and O–H groups in total.